The minimum Gasteiger partial charge on any atom is -0.508 e. The fourth-order valence-electron chi connectivity index (χ4n) is 11.0. The number of phenols is 1. The fourth-order valence-corrected chi connectivity index (χ4v) is 11.0. The highest BCUT2D eigenvalue weighted by Gasteiger charge is 2.44. The van der Waals surface area contributed by atoms with E-state index in [2.05, 4.69) is 62.1 Å². The van der Waals surface area contributed by atoms with E-state index in [9.17, 15) is 48.9 Å². The number of carbonyl (C=O) groups excluding carboxylic acids is 9. The predicted molar refractivity (Wildman–Crippen MR) is 339 cm³/mol. The minimum atomic E-state index is -1.93. The molecule has 3 aromatic carbocycles. The van der Waals surface area contributed by atoms with Crippen LogP contribution >= 0.6 is 0 Å². The number of imide groups is 1. The summed E-state index contributed by atoms with van der Waals surface area (Å²) < 4.78 is 0. The van der Waals surface area contributed by atoms with Gasteiger partial charge in [0, 0.05) is 75.5 Å². The monoisotopic (exact) mass is 1290 g/mol. The van der Waals surface area contributed by atoms with E-state index in [1.165, 1.54) is 48.7 Å². The number of nitrogens with zero attached hydrogens (tertiary/aromatic N) is 4. The maximum atomic E-state index is 15.9. The Morgan fingerprint density at radius 3 is 2.04 bits per heavy atom. The number of aliphatic hydroxyl groups excluding tert-OH is 1. The van der Waals surface area contributed by atoms with Crippen molar-refractivity contribution in [3.05, 3.63) is 114 Å². The summed E-state index contributed by atoms with van der Waals surface area (Å²) in [6.07, 6.45) is 3.02. The number of nitrogens with one attached hydrogen (secondary N) is 11. The maximum absolute atomic E-state index is 15.9. The van der Waals surface area contributed by atoms with Gasteiger partial charge in [-0.3, -0.25) is 58.3 Å². The number of carboxylic acid groups (broad SMARTS) is 1. The Bertz CT molecular complexity index is 3580. The normalized spacial score (nSPS) is 15.6. The highest BCUT2D eigenvalue weighted by molar-refractivity contribution is 6.06. The molecule has 31 nitrogen and oxygen atoms in total. The summed E-state index contributed by atoms with van der Waals surface area (Å²) in [6.45, 7) is 2.56. The number of nitrogens with two attached hydrogens (primary N) is 3. The van der Waals surface area contributed by atoms with E-state index < -0.39 is 139 Å². The zero-order valence-electron chi connectivity index (χ0n) is 51.8. The Hall–Kier alpha value is -10.3. The molecule has 7 rings (SSSR count). The number of guanidine groups is 1. The van der Waals surface area contributed by atoms with E-state index in [1.807, 2.05) is 0 Å². The van der Waals surface area contributed by atoms with E-state index in [0.29, 0.717) is 56.5 Å². The number of fused-ring (bicyclic) bond motifs is 2. The molecule has 0 spiro atoms. The lowest BCUT2D eigenvalue weighted by Gasteiger charge is -2.36. The van der Waals surface area contributed by atoms with Crippen molar-refractivity contribution in [3.63, 3.8) is 0 Å². The summed E-state index contributed by atoms with van der Waals surface area (Å²) in [6, 6.07) is 5.63. The molecule has 6 aromatic rings. The smallest absolute Gasteiger partial charge is 0.303 e. The number of carboxylic acids is 1. The summed E-state index contributed by atoms with van der Waals surface area (Å²) in [4.78, 5) is 163. The Balaban J connectivity index is 1.25. The van der Waals surface area contributed by atoms with Crippen molar-refractivity contribution < 1.29 is 63.3 Å². The van der Waals surface area contributed by atoms with Crippen molar-refractivity contribution in [2.24, 2.45) is 23.1 Å². The number of carbonyl (C=O) groups is 10. The first kappa shape index (κ1) is 70.2. The van der Waals surface area contributed by atoms with Crippen molar-refractivity contribution >= 4 is 87.0 Å². The highest BCUT2D eigenvalue weighted by atomic mass is 16.4. The quantitative estimate of drug-likeness (QED) is 0.0126. The number of phenolic OH excluding ortho intramolecular Hbond substituents is 1. The molecule has 0 saturated carbocycles. The van der Waals surface area contributed by atoms with Gasteiger partial charge in [-0.25, -0.2) is 9.97 Å². The number of imidazole rings is 2. The van der Waals surface area contributed by atoms with Crippen LogP contribution in [0.1, 0.15) is 81.4 Å². The molecule has 93 heavy (non-hydrogen) atoms. The van der Waals surface area contributed by atoms with Crippen LogP contribution in [-0.2, 0) is 73.6 Å². The molecular weight excluding hydrogens is 1200 g/mol. The number of benzene rings is 3. The first-order chi connectivity index (χ1) is 44.4. The van der Waals surface area contributed by atoms with Crippen LogP contribution in [0.25, 0.3) is 21.9 Å². The summed E-state index contributed by atoms with van der Waals surface area (Å²) in [7, 11) is 1.43. The van der Waals surface area contributed by atoms with Gasteiger partial charge in [0.05, 0.1) is 41.7 Å². The van der Waals surface area contributed by atoms with Crippen LogP contribution in [0, 0.1) is 11.3 Å². The van der Waals surface area contributed by atoms with Crippen LogP contribution in [0.5, 0.6) is 5.75 Å². The molecule has 9 amide bonds. The lowest BCUT2D eigenvalue weighted by atomic mass is 9.96. The number of hydrogen-bond acceptors (Lipinski definition) is 17. The number of H-pyrrole nitrogens is 3. The van der Waals surface area contributed by atoms with Gasteiger partial charge in [0.1, 0.15) is 53.9 Å². The molecule has 3 aromatic heterocycles. The molecule has 4 heterocycles. The van der Waals surface area contributed by atoms with E-state index >= 15 is 14.4 Å². The van der Waals surface area contributed by atoms with E-state index in [1.54, 1.807) is 68.6 Å². The van der Waals surface area contributed by atoms with Gasteiger partial charge in [-0.2, -0.15) is 0 Å². The number of likely N-dealkylation sites (N-methyl/N-ethyl adjacent to an activating group) is 1. The Labute approximate surface area is 534 Å². The molecule has 1 saturated heterocycles. The van der Waals surface area contributed by atoms with Gasteiger partial charge in [0.15, 0.2) is 5.96 Å². The zero-order valence-corrected chi connectivity index (χ0v) is 51.8. The second-order valence-corrected chi connectivity index (χ2v) is 23.2. The molecule has 1 aliphatic heterocycles. The van der Waals surface area contributed by atoms with Crippen LogP contribution < -0.4 is 54.4 Å². The lowest BCUT2D eigenvalue weighted by molar-refractivity contribution is -0.156. The molecule has 0 bridgehead atoms. The molecule has 498 valence electrons. The van der Waals surface area contributed by atoms with Crippen LogP contribution in [-0.4, -0.2) is 196 Å². The van der Waals surface area contributed by atoms with Gasteiger partial charge in [-0.1, -0.05) is 56.3 Å². The van der Waals surface area contributed by atoms with Crippen molar-refractivity contribution in [3.8, 4) is 5.75 Å². The van der Waals surface area contributed by atoms with E-state index in [-0.39, 0.29) is 75.6 Å². The van der Waals surface area contributed by atoms with E-state index in [4.69, 9.17) is 22.6 Å². The number of aliphatic carboxylic acids is 1. The van der Waals surface area contributed by atoms with Crippen LogP contribution in [0.15, 0.2) is 91.5 Å². The largest absolute Gasteiger partial charge is 0.508 e. The molecular formula is C62H82N18O13. The predicted octanol–water partition coefficient (Wildman–Crippen LogP) is -1.55. The van der Waals surface area contributed by atoms with Crippen molar-refractivity contribution in [2.75, 3.05) is 26.7 Å². The van der Waals surface area contributed by atoms with Crippen LogP contribution in [0.4, 0.5) is 0 Å². The Morgan fingerprint density at radius 1 is 0.742 bits per heavy atom. The summed E-state index contributed by atoms with van der Waals surface area (Å²) in [5, 5.41) is 57.2. The SMILES string of the molecule is CNC(=O)[C@@H]1CCCN1C(=O)[C@H](CCCNC(=N)N)NC(=O)[C@H](CC(C)C)N(C(=O)[C@H](N)Cc1nc2ccccc2[nH]1)C(=O)[C@H](Cc1ccc(O)cc1)NC(=O)[C@H](CO)NC(=O)[C@H](Cc1c[nH]c2ccccc12)NC(=O)[C@H](Cc1c[nH]cn1)NC(=O)[C@@H](N)CCC(=O)O. The average molecular weight is 1290 g/mol. The fraction of sp³-hybridized carbons (Fsp3) is 0.435. The van der Waals surface area contributed by atoms with Crippen LogP contribution in [0.3, 0.4) is 0 Å². The number of aromatic amines is 3. The second kappa shape index (κ2) is 33.2. The van der Waals surface area contributed by atoms with Crippen LogP contribution in [0.2, 0.25) is 0 Å². The van der Waals surface area contributed by atoms with Gasteiger partial charge in [0.25, 0.3) is 5.91 Å². The molecule has 0 radical (unpaired) electrons. The van der Waals surface area contributed by atoms with Gasteiger partial charge >= 0.3 is 5.97 Å². The van der Waals surface area contributed by atoms with Crippen molar-refractivity contribution in [2.45, 2.75) is 139 Å². The zero-order chi connectivity index (χ0) is 67.5. The topological polar surface area (TPSA) is 497 Å². The van der Waals surface area contributed by atoms with Gasteiger partial charge in [-0.15, -0.1) is 0 Å². The molecule has 0 aliphatic carbocycles. The number of para-hydroxylation sites is 3. The number of rotatable bonds is 33. The number of amides is 9. The number of hydrogen-bond donors (Lipinski definition) is 17. The van der Waals surface area contributed by atoms with E-state index in [0.717, 1.165) is 0 Å². The van der Waals surface area contributed by atoms with Gasteiger partial charge in [-0.05, 0) is 85.9 Å². The third-order valence-electron chi connectivity index (χ3n) is 15.8. The first-order valence-corrected chi connectivity index (χ1v) is 30.5. The third-order valence-corrected chi connectivity index (χ3v) is 15.8. The summed E-state index contributed by atoms with van der Waals surface area (Å²) in [5.74, 6) is -10.4. The highest BCUT2D eigenvalue weighted by Crippen LogP contribution is 2.24. The summed E-state index contributed by atoms with van der Waals surface area (Å²) >= 11 is 0. The second-order valence-electron chi connectivity index (χ2n) is 23.2. The van der Waals surface area contributed by atoms with Gasteiger partial charge < -0.3 is 89.6 Å². The van der Waals surface area contributed by atoms with Crippen molar-refractivity contribution in [1.29, 1.82) is 5.41 Å². The Morgan fingerprint density at radius 2 is 1.39 bits per heavy atom. The molecule has 20 N–H and O–H groups in total. The number of aromatic hydroxyl groups is 1. The maximum Gasteiger partial charge on any atom is 0.303 e. The molecule has 1 fully saturated rings. The lowest BCUT2D eigenvalue weighted by Crippen LogP contribution is -2.64. The molecule has 9 atom stereocenters. The molecule has 0 unspecified atom stereocenters. The number of aliphatic hydroxyl groups is 1. The first-order valence-electron chi connectivity index (χ1n) is 30.5. The third kappa shape index (κ3) is 19.4. The molecule has 1 aliphatic rings. The van der Waals surface area contributed by atoms with Gasteiger partial charge in [0.2, 0.25) is 47.3 Å². The minimum absolute atomic E-state index is 0.0725. The Kier molecular flexibility index (Phi) is 25.0. The number of likely N-dealkylation sites (tertiary alicyclic amines) is 1. The standard InChI is InChI=1S/C62H82N18O13/c1-33(2)24-50(58(90)74-44(14-8-22-69-62(65)66)60(92)79-23-9-15-49(79)57(89)67-3)80(59(91)40(64)28-51-72-42-12-6-7-13-43(42)73-51)61(93)47(25-34-16-18-37(82)19-17-34)77-56(88)48(31-81)78-54(86)45(26-35-29-70-41-11-5-4-10-38(35)41)76-55(87)46(27-36-30-68-32-71-36)75-53(85)39(63)20-21-52(83)84/h4-7,10-13,16-19,29-30,32-33,39-40,44-50,70,81-82H,8-9,14-15,20-28,31,63-64H2,1-3H3,(H,67,89)(H,68,71)(H,72,73)(H,74,90)(H,75,85)(H,76,87)(H,77,88)(H,78,86)(H,83,84)(H4,65,66,69)/t39-,40+,44-,45-,46-,47-,48-,49-,50-/m0/s1. The average Bonchev–Trinajstić information content (AvgIpc) is 1.50. The molecule has 31 heteroatoms. The number of aromatic nitrogens is 5. The summed E-state index contributed by atoms with van der Waals surface area (Å²) in [5.41, 5.74) is 21.3. The van der Waals surface area contributed by atoms with Crippen molar-refractivity contribution in [1.82, 2.24) is 71.9 Å².